The van der Waals surface area contributed by atoms with Gasteiger partial charge < -0.3 is 10.4 Å². The summed E-state index contributed by atoms with van der Waals surface area (Å²) in [7, 11) is 0. The van der Waals surface area contributed by atoms with Crippen LogP contribution in [0.4, 0.5) is 10.6 Å². The van der Waals surface area contributed by atoms with Crippen LogP contribution in [-0.2, 0) is 4.79 Å². The number of hydrogen-bond acceptors (Lipinski definition) is 3. The second-order valence-corrected chi connectivity index (χ2v) is 8.28. The second-order valence-electron chi connectivity index (χ2n) is 7.46. The van der Waals surface area contributed by atoms with Crippen molar-refractivity contribution in [1.29, 1.82) is 0 Å². The van der Waals surface area contributed by atoms with Gasteiger partial charge in [0.1, 0.15) is 16.0 Å². The Morgan fingerprint density at radius 1 is 1.39 bits per heavy atom. The Morgan fingerprint density at radius 2 is 2.04 bits per heavy atom. The molecular weight excluding hydrogens is 362 g/mol. The van der Waals surface area contributed by atoms with Crippen molar-refractivity contribution in [3.05, 3.63) is 22.8 Å². The molecular formula is C16H20BrN3O3. The molecule has 3 aliphatic rings. The van der Waals surface area contributed by atoms with Crippen molar-refractivity contribution >= 4 is 33.7 Å². The van der Waals surface area contributed by atoms with E-state index in [2.05, 4.69) is 26.2 Å². The van der Waals surface area contributed by atoms with Gasteiger partial charge in [0, 0.05) is 6.04 Å². The zero-order valence-electron chi connectivity index (χ0n) is 13.3. The minimum atomic E-state index is -1.03. The van der Waals surface area contributed by atoms with Crippen LogP contribution in [0.1, 0.15) is 33.6 Å². The molecule has 1 unspecified atom stereocenters. The molecule has 1 aliphatic carbocycles. The first-order chi connectivity index (χ1) is 10.6. The van der Waals surface area contributed by atoms with Crippen molar-refractivity contribution in [2.24, 2.45) is 11.3 Å². The molecule has 2 N–H and O–H groups in total. The molecule has 3 fully saturated rings. The number of amides is 2. The standard InChI is InChI=1S/C16H20BrN3O3/c1-15(2,3)12-9-7-16(8-9,20(12)14(22)23)13(21)19-11-6-4-5-10(17)18-11/h4-6,9,12H,7-8H2,1-3H3,(H,22,23)(H,18,19,21). The van der Waals surface area contributed by atoms with E-state index in [1.165, 1.54) is 4.90 Å². The van der Waals surface area contributed by atoms with Gasteiger partial charge in [-0.3, -0.25) is 9.69 Å². The van der Waals surface area contributed by atoms with Crippen LogP contribution < -0.4 is 5.32 Å². The van der Waals surface area contributed by atoms with E-state index < -0.39 is 11.6 Å². The van der Waals surface area contributed by atoms with Crippen LogP contribution in [0, 0.1) is 11.3 Å². The Labute approximate surface area is 143 Å². The molecule has 1 aromatic rings. The molecule has 1 saturated carbocycles. The van der Waals surface area contributed by atoms with Crippen LogP contribution in [0.2, 0.25) is 0 Å². The second kappa shape index (κ2) is 5.19. The Morgan fingerprint density at radius 3 is 2.57 bits per heavy atom. The minimum Gasteiger partial charge on any atom is -0.465 e. The molecule has 4 rings (SSSR count). The lowest BCUT2D eigenvalue weighted by atomic mass is 9.68. The van der Waals surface area contributed by atoms with Gasteiger partial charge in [-0.05, 0) is 52.2 Å². The molecule has 6 nitrogen and oxygen atoms in total. The first-order valence-electron chi connectivity index (χ1n) is 7.61. The summed E-state index contributed by atoms with van der Waals surface area (Å²) in [6, 6.07) is 5.09. The lowest BCUT2D eigenvalue weighted by Gasteiger charge is -2.39. The molecule has 2 amide bonds. The number of nitrogens with one attached hydrogen (secondary N) is 1. The van der Waals surface area contributed by atoms with Crippen LogP contribution in [0.15, 0.2) is 22.8 Å². The monoisotopic (exact) mass is 381 g/mol. The number of carbonyl (C=O) groups excluding carboxylic acids is 1. The molecule has 2 bridgehead atoms. The Balaban J connectivity index is 1.87. The van der Waals surface area contributed by atoms with E-state index in [9.17, 15) is 14.7 Å². The fraction of sp³-hybridized carbons (Fsp3) is 0.562. The number of carboxylic acid groups (broad SMARTS) is 1. The number of fused-ring (bicyclic) bond motifs is 1. The molecule has 0 radical (unpaired) electrons. The van der Waals surface area contributed by atoms with E-state index >= 15 is 0 Å². The van der Waals surface area contributed by atoms with Crippen LogP contribution in [0.25, 0.3) is 0 Å². The van der Waals surface area contributed by atoms with Crippen molar-refractivity contribution in [3.8, 4) is 0 Å². The highest BCUT2D eigenvalue weighted by Gasteiger charge is 2.69. The van der Waals surface area contributed by atoms with E-state index in [4.69, 9.17) is 0 Å². The molecule has 7 heteroatoms. The zero-order valence-corrected chi connectivity index (χ0v) is 14.9. The maximum absolute atomic E-state index is 12.8. The number of anilines is 1. The normalized spacial score (nSPS) is 29.1. The number of carbonyl (C=O) groups is 2. The third-order valence-corrected chi connectivity index (χ3v) is 5.30. The van der Waals surface area contributed by atoms with Gasteiger partial charge in [0.15, 0.2) is 0 Å². The Bertz CT molecular complexity index is 665. The van der Waals surface area contributed by atoms with Crippen LogP contribution >= 0.6 is 15.9 Å². The lowest BCUT2D eigenvalue weighted by molar-refractivity contribution is -0.128. The van der Waals surface area contributed by atoms with Crippen LogP contribution in [0.3, 0.4) is 0 Å². The summed E-state index contributed by atoms with van der Waals surface area (Å²) in [6.07, 6.45) is 0.143. The van der Waals surface area contributed by atoms with Crippen molar-refractivity contribution < 1.29 is 14.7 Å². The summed E-state index contributed by atoms with van der Waals surface area (Å²) < 4.78 is 0.619. The van der Waals surface area contributed by atoms with Crippen molar-refractivity contribution in [1.82, 2.24) is 9.88 Å². The van der Waals surface area contributed by atoms with Crippen LogP contribution in [-0.4, -0.2) is 38.6 Å². The van der Waals surface area contributed by atoms with Crippen molar-refractivity contribution in [2.45, 2.75) is 45.2 Å². The summed E-state index contributed by atoms with van der Waals surface area (Å²) in [5.74, 6) is 0.382. The summed E-state index contributed by atoms with van der Waals surface area (Å²) in [4.78, 5) is 30.2. The van der Waals surface area contributed by atoms with Gasteiger partial charge in [-0.2, -0.15) is 0 Å². The van der Waals surface area contributed by atoms with Crippen LogP contribution in [0.5, 0.6) is 0 Å². The largest absolute Gasteiger partial charge is 0.465 e. The average molecular weight is 382 g/mol. The average Bonchev–Trinajstić information content (AvgIpc) is 2.89. The molecule has 1 atom stereocenters. The quantitative estimate of drug-likeness (QED) is 0.769. The van der Waals surface area contributed by atoms with E-state index in [0.29, 0.717) is 23.3 Å². The molecule has 2 aliphatic heterocycles. The van der Waals surface area contributed by atoms with Gasteiger partial charge in [0.25, 0.3) is 5.91 Å². The number of hydrogen-bond donors (Lipinski definition) is 2. The van der Waals surface area contributed by atoms with E-state index in [-0.39, 0.29) is 23.3 Å². The summed E-state index contributed by atoms with van der Waals surface area (Å²) in [6.45, 7) is 6.07. The van der Waals surface area contributed by atoms with Crippen molar-refractivity contribution in [3.63, 3.8) is 0 Å². The Kier molecular flexibility index (Phi) is 3.66. The Hall–Kier alpha value is -1.63. The first-order valence-corrected chi connectivity index (χ1v) is 8.41. The van der Waals surface area contributed by atoms with Gasteiger partial charge in [0.2, 0.25) is 0 Å². The van der Waals surface area contributed by atoms with Gasteiger partial charge >= 0.3 is 6.09 Å². The molecule has 124 valence electrons. The minimum absolute atomic E-state index is 0.138. The SMILES string of the molecule is CC(C)(C)C1C2CC(C(=O)Nc3cccc(Br)n3)(C2)N1C(=O)O. The van der Waals surface area contributed by atoms with E-state index in [0.717, 1.165) is 0 Å². The van der Waals surface area contributed by atoms with Gasteiger partial charge in [-0.1, -0.05) is 26.8 Å². The highest BCUT2D eigenvalue weighted by molar-refractivity contribution is 9.10. The molecule has 0 aromatic carbocycles. The number of halogens is 1. The third kappa shape index (κ3) is 2.51. The molecule has 1 aromatic heterocycles. The van der Waals surface area contributed by atoms with E-state index in [1.54, 1.807) is 18.2 Å². The predicted octanol–water partition coefficient (Wildman–Crippen LogP) is 3.34. The fourth-order valence-corrected chi connectivity index (χ4v) is 4.45. The summed E-state index contributed by atoms with van der Waals surface area (Å²) >= 11 is 3.26. The molecule has 0 spiro atoms. The molecule has 2 saturated heterocycles. The summed E-state index contributed by atoms with van der Waals surface area (Å²) in [5.41, 5.74) is -1.16. The van der Waals surface area contributed by atoms with Gasteiger partial charge in [0.05, 0.1) is 0 Å². The maximum Gasteiger partial charge on any atom is 0.408 e. The number of aromatic nitrogens is 1. The van der Waals surface area contributed by atoms with Gasteiger partial charge in [-0.15, -0.1) is 0 Å². The summed E-state index contributed by atoms with van der Waals surface area (Å²) in [5, 5.41) is 12.5. The highest BCUT2D eigenvalue weighted by atomic mass is 79.9. The van der Waals surface area contributed by atoms with Gasteiger partial charge in [-0.25, -0.2) is 9.78 Å². The molecule has 23 heavy (non-hydrogen) atoms. The first kappa shape index (κ1) is 16.2. The third-order valence-electron chi connectivity index (χ3n) is 4.86. The number of pyridine rings is 1. The fourth-order valence-electron chi connectivity index (χ4n) is 4.11. The van der Waals surface area contributed by atoms with Crippen molar-refractivity contribution in [2.75, 3.05) is 5.32 Å². The predicted molar refractivity (Wildman–Crippen MR) is 89.1 cm³/mol. The number of nitrogens with zero attached hydrogens (tertiary/aromatic N) is 2. The molecule has 3 heterocycles. The smallest absolute Gasteiger partial charge is 0.408 e. The topological polar surface area (TPSA) is 82.5 Å². The maximum atomic E-state index is 12.8. The van der Waals surface area contributed by atoms with E-state index in [1.807, 2.05) is 20.8 Å². The highest BCUT2D eigenvalue weighted by Crippen LogP contribution is 2.59. The number of rotatable bonds is 2. The lowest BCUT2D eigenvalue weighted by Crippen LogP contribution is -2.58. The zero-order chi connectivity index (χ0) is 17.0.